The number of anilines is 1. The molecule has 1 aromatic carbocycles. The predicted octanol–water partition coefficient (Wildman–Crippen LogP) is 2.58. The third-order valence-electron chi connectivity index (χ3n) is 4.04. The number of ether oxygens (including phenoxy) is 1. The molecule has 1 aliphatic rings. The molecule has 0 fully saturated rings. The smallest absolute Gasteiger partial charge is 0.327 e. The second-order valence-electron chi connectivity index (χ2n) is 5.74. The molecule has 1 atom stereocenters. The van der Waals surface area contributed by atoms with Crippen LogP contribution >= 0.6 is 0 Å². The molecule has 10 heteroatoms. The molecule has 0 saturated heterocycles. The highest BCUT2D eigenvalue weighted by Crippen LogP contribution is 2.33. The van der Waals surface area contributed by atoms with Gasteiger partial charge in [-0.15, -0.1) is 0 Å². The molecule has 27 heavy (non-hydrogen) atoms. The molecule has 10 nitrogen and oxygen atoms in total. The van der Waals surface area contributed by atoms with Gasteiger partial charge in [0.15, 0.2) is 17.0 Å². The normalized spacial score (nSPS) is 17.3. The second-order valence-corrected chi connectivity index (χ2v) is 5.74. The summed E-state index contributed by atoms with van der Waals surface area (Å²) in [5, 5.41) is 42.0. The van der Waals surface area contributed by atoms with E-state index in [4.69, 9.17) is 4.74 Å². The standard InChI is InChI=1S/C17H15N5O5/c23-11-12(24)16(27-17(26)13(11)25)22-8-21-10-14(19-7-20-15(10)22)18-6-9-4-2-1-3-5-9/h1-5,7-8,16,23-26H,6H2,(H,18,19,20). The average Bonchev–Trinajstić information content (AvgIpc) is 3.13. The van der Waals surface area contributed by atoms with Gasteiger partial charge in [-0.05, 0) is 5.56 Å². The summed E-state index contributed by atoms with van der Waals surface area (Å²) in [6.07, 6.45) is 1.28. The van der Waals surface area contributed by atoms with Gasteiger partial charge >= 0.3 is 5.95 Å². The minimum atomic E-state index is -1.34. The summed E-state index contributed by atoms with van der Waals surface area (Å²) in [6.45, 7) is 0.517. The highest BCUT2D eigenvalue weighted by molar-refractivity contribution is 5.82. The summed E-state index contributed by atoms with van der Waals surface area (Å²) in [4.78, 5) is 12.5. The molecule has 0 saturated carbocycles. The zero-order valence-corrected chi connectivity index (χ0v) is 13.8. The Morgan fingerprint density at radius 2 is 1.78 bits per heavy atom. The highest BCUT2D eigenvalue weighted by atomic mass is 16.6. The van der Waals surface area contributed by atoms with Crippen LogP contribution in [0.2, 0.25) is 0 Å². The number of aliphatic hydroxyl groups is 4. The first-order chi connectivity index (χ1) is 13.1. The first-order valence-electron chi connectivity index (χ1n) is 7.93. The fraction of sp³-hybridized carbons (Fsp3) is 0.118. The Kier molecular flexibility index (Phi) is 3.92. The van der Waals surface area contributed by atoms with Crippen molar-refractivity contribution in [1.29, 1.82) is 0 Å². The first kappa shape index (κ1) is 16.5. The summed E-state index contributed by atoms with van der Waals surface area (Å²) < 4.78 is 6.35. The van der Waals surface area contributed by atoms with Gasteiger partial charge in [-0.1, -0.05) is 30.3 Å². The van der Waals surface area contributed by atoms with Crippen molar-refractivity contribution in [2.24, 2.45) is 0 Å². The van der Waals surface area contributed by atoms with Gasteiger partial charge in [-0.3, -0.25) is 4.57 Å². The fourth-order valence-electron chi connectivity index (χ4n) is 2.68. The second kappa shape index (κ2) is 6.41. The van der Waals surface area contributed by atoms with Gasteiger partial charge in [0.1, 0.15) is 12.7 Å². The Bertz CT molecular complexity index is 1060. The van der Waals surface area contributed by atoms with E-state index < -0.39 is 29.5 Å². The summed E-state index contributed by atoms with van der Waals surface area (Å²) in [5.41, 5.74) is 1.75. The number of hydrogen-bond acceptors (Lipinski definition) is 9. The van der Waals surface area contributed by atoms with Crippen LogP contribution in [0, 0.1) is 0 Å². The summed E-state index contributed by atoms with van der Waals surface area (Å²) >= 11 is 0. The van der Waals surface area contributed by atoms with Crippen LogP contribution in [-0.2, 0) is 11.3 Å². The molecule has 4 rings (SSSR count). The van der Waals surface area contributed by atoms with Crippen LogP contribution in [0.1, 0.15) is 11.8 Å². The van der Waals surface area contributed by atoms with Crippen molar-refractivity contribution >= 4 is 17.0 Å². The van der Waals surface area contributed by atoms with Gasteiger partial charge < -0.3 is 30.5 Å². The summed E-state index contributed by atoms with van der Waals surface area (Å²) in [6, 6.07) is 9.72. The van der Waals surface area contributed by atoms with Crippen LogP contribution in [0.15, 0.2) is 66.2 Å². The molecule has 138 valence electrons. The molecular formula is C17H15N5O5. The number of fused-ring (bicyclic) bond motifs is 1. The number of aliphatic hydroxyl groups excluding tert-OH is 4. The monoisotopic (exact) mass is 369 g/mol. The number of nitrogens with one attached hydrogen (secondary N) is 1. The van der Waals surface area contributed by atoms with Crippen molar-refractivity contribution in [2.45, 2.75) is 12.8 Å². The zero-order chi connectivity index (χ0) is 19.0. The molecule has 2 aromatic heterocycles. The minimum absolute atomic E-state index is 0.291. The van der Waals surface area contributed by atoms with Crippen LogP contribution < -0.4 is 5.32 Å². The van der Waals surface area contributed by atoms with E-state index in [0.29, 0.717) is 23.5 Å². The van der Waals surface area contributed by atoms with E-state index in [1.807, 2.05) is 30.3 Å². The largest absolute Gasteiger partial charge is 0.504 e. The lowest BCUT2D eigenvalue weighted by Crippen LogP contribution is -2.22. The number of rotatable bonds is 4. The first-order valence-corrected chi connectivity index (χ1v) is 7.93. The maximum Gasteiger partial charge on any atom is 0.327 e. The van der Waals surface area contributed by atoms with Crippen molar-refractivity contribution in [3.05, 3.63) is 71.8 Å². The molecule has 0 aliphatic carbocycles. The molecule has 3 aromatic rings. The number of nitrogens with zero attached hydrogens (tertiary/aromatic N) is 4. The highest BCUT2D eigenvalue weighted by Gasteiger charge is 2.33. The maximum atomic E-state index is 10.1. The van der Waals surface area contributed by atoms with Crippen molar-refractivity contribution in [3.8, 4) is 0 Å². The Balaban J connectivity index is 1.67. The van der Waals surface area contributed by atoms with Gasteiger partial charge in [0.05, 0.1) is 0 Å². The molecular weight excluding hydrogens is 354 g/mol. The van der Waals surface area contributed by atoms with E-state index in [2.05, 4.69) is 20.3 Å². The zero-order valence-electron chi connectivity index (χ0n) is 13.8. The molecule has 3 heterocycles. The van der Waals surface area contributed by atoms with E-state index in [9.17, 15) is 20.4 Å². The van der Waals surface area contributed by atoms with Gasteiger partial charge in [-0.2, -0.15) is 0 Å². The van der Waals surface area contributed by atoms with Crippen molar-refractivity contribution in [2.75, 3.05) is 5.32 Å². The lowest BCUT2D eigenvalue weighted by atomic mass is 10.2. The number of benzene rings is 1. The predicted molar refractivity (Wildman–Crippen MR) is 93.8 cm³/mol. The summed E-state index contributed by atoms with van der Waals surface area (Å²) in [7, 11) is 0. The van der Waals surface area contributed by atoms with E-state index in [1.54, 1.807) is 0 Å². The Hall–Kier alpha value is -3.95. The number of aromatic nitrogens is 4. The van der Waals surface area contributed by atoms with Gasteiger partial charge in [0.25, 0.3) is 0 Å². The molecule has 0 spiro atoms. The molecule has 0 amide bonds. The lowest BCUT2D eigenvalue weighted by molar-refractivity contribution is -0.0352. The summed E-state index contributed by atoms with van der Waals surface area (Å²) in [5.74, 6) is -2.99. The van der Waals surface area contributed by atoms with Crippen LogP contribution in [0.3, 0.4) is 0 Å². The van der Waals surface area contributed by atoms with Gasteiger partial charge in [0.2, 0.25) is 23.5 Å². The average molecular weight is 369 g/mol. The Morgan fingerprint density at radius 3 is 2.56 bits per heavy atom. The third-order valence-corrected chi connectivity index (χ3v) is 4.04. The quantitative estimate of drug-likeness (QED) is 0.468. The maximum absolute atomic E-state index is 10.1. The van der Waals surface area contributed by atoms with E-state index in [-0.39, 0.29) is 0 Å². The van der Waals surface area contributed by atoms with E-state index >= 15 is 0 Å². The van der Waals surface area contributed by atoms with Gasteiger partial charge in [-0.25, -0.2) is 15.0 Å². The number of imidazole rings is 1. The molecule has 5 N–H and O–H groups in total. The van der Waals surface area contributed by atoms with Crippen molar-refractivity contribution < 1.29 is 25.2 Å². The van der Waals surface area contributed by atoms with Crippen LogP contribution in [-0.4, -0.2) is 39.9 Å². The number of hydrogen-bond donors (Lipinski definition) is 5. The Morgan fingerprint density at radius 1 is 1.00 bits per heavy atom. The molecule has 0 bridgehead atoms. The van der Waals surface area contributed by atoms with Crippen LogP contribution in [0.4, 0.5) is 5.82 Å². The third kappa shape index (κ3) is 2.82. The van der Waals surface area contributed by atoms with Gasteiger partial charge in [0, 0.05) is 6.54 Å². The SMILES string of the molecule is OC1=C(O)C(O)=C(O)C(n2cnc3c(NCc4ccccc4)ncnc32)O1. The van der Waals surface area contributed by atoms with Crippen molar-refractivity contribution in [3.63, 3.8) is 0 Å². The fourth-order valence-corrected chi connectivity index (χ4v) is 2.68. The van der Waals surface area contributed by atoms with E-state index in [1.165, 1.54) is 17.2 Å². The van der Waals surface area contributed by atoms with Crippen molar-refractivity contribution in [1.82, 2.24) is 19.5 Å². The van der Waals surface area contributed by atoms with Crippen LogP contribution in [0.5, 0.6) is 0 Å². The molecule has 1 aliphatic heterocycles. The Labute approximate surface area is 152 Å². The van der Waals surface area contributed by atoms with Crippen LogP contribution in [0.25, 0.3) is 11.2 Å². The van der Waals surface area contributed by atoms with E-state index in [0.717, 1.165) is 5.56 Å². The lowest BCUT2D eigenvalue weighted by Gasteiger charge is -2.23. The molecule has 0 radical (unpaired) electrons. The minimum Gasteiger partial charge on any atom is -0.504 e. The molecule has 1 unspecified atom stereocenters. The topological polar surface area (TPSA) is 146 Å².